The minimum Gasteiger partial charge on any atom is -0.465 e. The summed E-state index contributed by atoms with van der Waals surface area (Å²) in [4.78, 5) is 35.0. The van der Waals surface area contributed by atoms with E-state index in [2.05, 4.69) is 0 Å². The number of hydrogen-bond acceptors (Lipinski definition) is 6. The highest BCUT2D eigenvalue weighted by Gasteiger charge is 2.36. The topological polar surface area (TPSA) is 69.7 Å². The van der Waals surface area contributed by atoms with E-state index in [-0.39, 0.29) is 24.2 Å². The summed E-state index contributed by atoms with van der Waals surface area (Å²) in [5, 5.41) is 0.249. The van der Waals surface area contributed by atoms with Crippen LogP contribution in [0.4, 0.5) is 0 Å². The molecule has 0 radical (unpaired) electrons. The van der Waals surface area contributed by atoms with E-state index in [0.717, 1.165) is 0 Å². The molecule has 0 fully saturated rings. The van der Waals surface area contributed by atoms with Gasteiger partial charge in [-0.05, 0) is 19.1 Å². The largest absolute Gasteiger partial charge is 0.465 e. The Morgan fingerprint density at radius 1 is 1.00 bits per heavy atom. The Bertz CT molecular complexity index is 283. The molecule has 6 heteroatoms. The van der Waals surface area contributed by atoms with Gasteiger partial charge in [0, 0.05) is 0 Å². The van der Waals surface area contributed by atoms with Crippen molar-refractivity contribution in [2.45, 2.75) is 32.9 Å². The van der Waals surface area contributed by atoms with Crippen molar-refractivity contribution in [3.05, 3.63) is 0 Å². The average Bonchev–Trinajstić information content (AvgIpc) is 2.27. The van der Waals surface area contributed by atoms with Crippen molar-refractivity contribution in [2.24, 2.45) is 5.92 Å². The van der Waals surface area contributed by atoms with Crippen LogP contribution in [0.1, 0.15) is 27.7 Å². The highest BCUT2D eigenvalue weighted by atomic mass is 32.2. The molecular weight excluding hydrogens is 256 g/mol. The van der Waals surface area contributed by atoms with Crippen molar-refractivity contribution in [1.82, 2.24) is 0 Å². The van der Waals surface area contributed by atoms with E-state index in [1.54, 1.807) is 13.8 Å². The molecule has 0 unspecified atom stereocenters. The lowest BCUT2D eigenvalue weighted by atomic mass is 10.1. The predicted octanol–water partition coefficient (Wildman–Crippen LogP) is 1.44. The number of Topliss-reactive ketones (excluding diaryl/α,β-unsaturated/α-hetero) is 1. The lowest BCUT2D eigenvalue weighted by Gasteiger charge is -2.13. The van der Waals surface area contributed by atoms with Gasteiger partial charge in [0.05, 0.1) is 19.0 Å². The second kappa shape index (κ2) is 8.97. The van der Waals surface area contributed by atoms with Crippen LogP contribution in [-0.4, -0.2) is 41.9 Å². The van der Waals surface area contributed by atoms with Gasteiger partial charge in [-0.2, -0.15) is 11.8 Å². The molecule has 0 spiro atoms. The van der Waals surface area contributed by atoms with Crippen LogP contribution in [0.25, 0.3) is 0 Å². The van der Waals surface area contributed by atoms with E-state index >= 15 is 0 Å². The summed E-state index contributed by atoms with van der Waals surface area (Å²) in [6.07, 6.45) is 0. The zero-order valence-corrected chi connectivity index (χ0v) is 12.0. The molecule has 0 saturated heterocycles. The second-order valence-corrected chi connectivity index (χ2v) is 5.33. The van der Waals surface area contributed by atoms with Gasteiger partial charge in [-0.3, -0.25) is 14.4 Å². The van der Waals surface area contributed by atoms with Gasteiger partial charge in [0.2, 0.25) is 5.92 Å². The molecular formula is C12H20O5S. The van der Waals surface area contributed by atoms with Crippen LogP contribution >= 0.6 is 11.8 Å². The van der Waals surface area contributed by atoms with E-state index in [0.29, 0.717) is 0 Å². The van der Waals surface area contributed by atoms with Crippen molar-refractivity contribution in [3.8, 4) is 0 Å². The minimum atomic E-state index is -1.45. The highest BCUT2D eigenvalue weighted by molar-refractivity contribution is 8.00. The van der Waals surface area contributed by atoms with E-state index in [4.69, 9.17) is 9.47 Å². The van der Waals surface area contributed by atoms with Crippen molar-refractivity contribution in [2.75, 3.05) is 19.0 Å². The van der Waals surface area contributed by atoms with Gasteiger partial charge in [0.1, 0.15) is 0 Å². The molecule has 0 aromatic heterocycles. The van der Waals surface area contributed by atoms with Crippen LogP contribution in [0.15, 0.2) is 0 Å². The summed E-state index contributed by atoms with van der Waals surface area (Å²) in [5.41, 5.74) is 0. The van der Waals surface area contributed by atoms with Crippen LogP contribution in [-0.2, 0) is 23.9 Å². The molecule has 0 aliphatic carbocycles. The fraction of sp³-hybridized carbons (Fsp3) is 0.750. The van der Waals surface area contributed by atoms with Crippen LogP contribution in [0.3, 0.4) is 0 Å². The Morgan fingerprint density at radius 3 is 1.78 bits per heavy atom. The van der Waals surface area contributed by atoms with E-state index < -0.39 is 23.6 Å². The number of carbonyl (C=O) groups excluding carboxylic acids is 3. The minimum absolute atomic E-state index is 0.0972. The molecule has 0 bridgehead atoms. The fourth-order valence-electron chi connectivity index (χ4n) is 1.14. The molecule has 0 heterocycles. The third-order valence-electron chi connectivity index (χ3n) is 1.93. The van der Waals surface area contributed by atoms with Gasteiger partial charge < -0.3 is 9.47 Å². The number of thioether (sulfide) groups is 1. The predicted molar refractivity (Wildman–Crippen MR) is 69.4 cm³/mol. The first kappa shape index (κ1) is 17.0. The van der Waals surface area contributed by atoms with Gasteiger partial charge in [0.15, 0.2) is 5.78 Å². The fourth-order valence-corrected chi connectivity index (χ4v) is 1.81. The number of rotatable bonds is 8. The molecule has 0 aliphatic heterocycles. The molecule has 18 heavy (non-hydrogen) atoms. The molecule has 0 N–H and O–H groups in total. The quantitative estimate of drug-likeness (QED) is 0.493. The van der Waals surface area contributed by atoms with Gasteiger partial charge >= 0.3 is 11.9 Å². The molecule has 5 nitrogen and oxygen atoms in total. The highest BCUT2D eigenvalue weighted by Crippen LogP contribution is 2.14. The summed E-state index contributed by atoms with van der Waals surface area (Å²) in [7, 11) is 0. The molecule has 0 aliphatic rings. The maximum atomic E-state index is 11.9. The van der Waals surface area contributed by atoms with E-state index in [1.165, 1.54) is 11.8 Å². The lowest BCUT2D eigenvalue weighted by molar-refractivity contribution is -0.163. The van der Waals surface area contributed by atoms with E-state index in [1.807, 2.05) is 13.8 Å². The SMILES string of the molecule is CCOC(=O)C(C(=O)CSC(C)C)C(=O)OCC. The smallest absolute Gasteiger partial charge is 0.328 e. The first-order valence-corrected chi connectivity index (χ1v) is 6.96. The average molecular weight is 276 g/mol. The lowest BCUT2D eigenvalue weighted by Crippen LogP contribution is -2.36. The van der Waals surface area contributed by atoms with Crippen LogP contribution in [0, 0.1) is 5.92 Å². The number of carbonyl (C=O) groups is 3. The molecule has 0 saturated carbocycles. The molecule has 0 aromatic rings. The Balaban J connectivity index is 4.69. The Kier molecular flexibility index (Phi) is 8.45. The Hall–Kier alpha value is -1.04. The summed E-state index contributed by atoms with van der Waals surface area (Å²) >= 11 is 1.37. The number of esters is 2. The van der Waals surface area contributed by atoms with Crippen molar-refractivity contribution in [1.29, 1.82) is 0 Å². The molecule has 0 aromatic carbocycles. The number of ketones is 1. The van der Waals surface area contributed by atoms with E-state index in [9.17, 15) is 14.4 Å². The van der Waals surface area contributed by atoms with Crippen LogP contribution < -0.4 is 0 Å². The summed E-state index contributed by atoms with van der Waals surface area (Å²) in [5.74, 6) is -3.47. The maximum Gasteiger partial charge on any atom is 0.328 e. The van der Waals surface area contributed by atoms with Gasteiger partial charge in [-0.1, -0.05) is 13.8 Å². The monoisotopic (exact) mass is 276 g/mol. The van der Waals surface area contributed by atoms with Crippen molar-refractivity contribution < 1.29 is 23.9 Å². The number of ether oxygens (including phenoxy) is 2. The summed E-state index contributed by atoms with van der Waals surface area (Å²) < 4.78 is 9.46. The van der Waals surface area contributed by atoms with Crippen LogP contribution in [0.5, 0.6) is 0 Å². The summed E-state index contributed by atoms with van der Waals surface area (Å²) in [6.45, 7) is 7.35. The van der Waals surface area contributed by atoms with Crippen molar-refractivity contribution in [3.63, 3.8) is 0 Å². The molecule has 0 atom stereocenters. The van der Waals surface area contributed by atoms with Gasteiger partial charge in [-0.15, -0.1) is 0 Å². The normalized spacial score (nSPS) is 10.6. The maximum absolute atomic E-state index is 11.9. The van der Waals surface area contributed by atoms with Gasteiger partial charge in [-0.25, -0.2) is 0 Å². The third-order valence-corrected chi connectivity index (χ3v) is 3.04. The van der Waals surface area contributed by atoms with Gasteiger partial charge in [0.25, 0.3) is 0 Å². The Morgan fingerprint density at radius 2 is 1.44 bits per heavy atom. The Labute approximate surface area is 112 Å². The standard InChI is InChI=1S/C12H20O5S/c1-5-16-11(14)10(12(15)17-6-2)9(13)7-18-8(3)4/h8,10H,5-7H2,1-4H3. The first-order chi connectivity index (χ1) is 8.43. The van der Waals surface area contributed by atoms with Crippen LogP contribution in [0.2, 0.25) is 0 Å². The summed E-state index contributed by atoms with van der Waals surface area (Å²) in [6, 6.07) is 0. The zero-order chi connectivity index (χ0) is 14.1. The van der Waals surface area contributed by atoms with Crippen molar-refractivity contribution >= 4 is 29.5 Å². The molecule has 0 amide bonds. The molecule has 0 rings (SSSR count). The first-order valence-electron chi connectivity index (χ1n) is 5.91. The zero-order valence-electron chi connectivity index (χ0n) is 11.2. The third kappa shape index (κ3) is 6.05. The number of hydrogen-bond donors (Lipinski definition) is 0. The second-order valence-electron chi connectivity index (χ2n) is 3.76. The molecule has 104 valence electrons.